The van der Waals surface area contributed by atoms with Gasteiger partial charge in [0.05, 0.1) is 6.04 Å². The third kappa shape index (κ3) is 3.35. The Balaban J connectivity index is 2.78. The summed E-state index contributed by atoms with van der Waals surface area (Å²) in [6.07, 6.45) is 1.95. The lowest BCUT2D eigenvalue weighted by Gasteiger charge is -2.26. The first-order valence-corrected chi connectivity index (χ1v) is 4.98. The van der Waals surface area contributed by atoms with Gasteiger partial charge in [0, 0.05) is 5.54 Å². The maximum atomic E-state index is 3.86. The smallest absolute Gasteiger partial charge is 0.0507 e. The molecule has 0 saturated heterocycles. The van der Waals surface area contributed by atoms with Gasteiger partial charge in [-0.25, -0.2) is 0 Å². The minimum atomic E-state index is 0.106. The Morgan fingerprint density at radius 2 is 1.79 bits per heavy atom. The first-order chi connectivity index (χ1) is 6.53. The average Bonchev–Trinajstić information content (AvgIpc) is 2.14. The SMILES string of the molecule is C=CC(NC(C)(C)C)c1ccccc1. The van der Waals surface area contributed by atoms with Gasteiger partial charge < -0.3 is 5.32 Å². The standard InChI is InChI=1S/C13H19N/c1-5-12(14-13(2,3)4)11-9-7-6-8-10-11/h5-10,12,14H,1H2,2-4H3. The highest BCUT2D eigenvalue weighted by molar-refractivity contribution is 5.22. The fourth-order valence-electron chi connectivity index (χ4n) is 1.41. The lowest BCUT2D eigenvalue weighted by molar-refractivity contribution is 0.397. The van der Waals surface area contributed by atoms with E-state index in [0.717, 1.165) is 0 Å². The fourth-order valence-corrected chi connectivity index (χ4v) is 1.41. The van der Waals surface area contributed by atoms with Crippen LogP contribution in [0.2, 0.25) is 0 Å². The van der Waals surface area contributed by atoms with Crippen molar-refractivity contribution in [3.8, 4) is 0 Å². The van der Waals surface area contributed by atoms with Crippen molar-refractivity contribution < 1.29 is 0 Å². The topological polar surface area (TPSA) is 12.0 Å². The summed E-state index contributed by atoms with van der Waals surface area (Å²) >= 11 is 0. The van der Waals surface area contributed by atoms with Gasteiger partial charge in [-0.15, -0.1) is 6.58 Å². The van der Waals surface area contributed by atoms with Crippen LogP contribution in [0.3, 0.4) is 0 Å². The van der Waals surface area contributed by atoms with Crippen LogP contribution < -0.4 is 5.32 Å². The molecule has 76 valence electrons. The van der Waals surface area contributed by atoms with Crippen molar-refractivity contribution in [3.05, 3.63) is 48.6 Å². The van der Waals surface area contributed by atoms with Crippen molar-refractivity contribution in [2.75, 3.05) is 0 Å². The van der Waals surface area contributed by atoms with Crippen LogP contribution in [0.15, 0.2) is 43.0 Å². The molecule has 0 heterocycles. The van der Waals surface area contributed by atoms with E-state index in [2.05, 4.69) is 56.9 Å². The summed E-state index contributed by atoms with van der Waals surface area (Å²) in [6.45, 7) is 10.3. The van der Waals surface area contributed by atoms with Crippen LogP contribution in [0.4, 0.5) is 0 Å². The molecule has 1 aromatic carbocycles. The van der Waals surface area contributed by atoms with E-state index in [1.165, 1.54) is 5.56 Å². The maximum Gasteiger partial charge on any atom is 0.0507 e. The molecule has 14 heavy (non-hydrogen) atoms. The molecule has 1 N–H and O–H groups in total. The molecule has 0 aliphatic heterocycles. The van der Waals surface area contributed by atoms with Crippen LogP contribution in [0.5, 0.6) is 0 Å². The van der Waals surface area contributed by atoms with Gasteiger partial charge in [-0.05, 0) is 26.3 Å². The molecule has 1 nitrogen and oxygen atoms in total. The Hall–Kier alpha value is -1.08. The Kier molecular flexibility index (Phi) is 3.48. The number of nitrogens with one attached hydrogen (secondary N) is 1. The van der Waals surface area contributed by atoms with E-state index in [1.807, 2.05) is 12.1 Å². The zero-order chi connectivity index (χ0) is 10.6. The molecule has 0 radical (unpaired) electrons. The average molecular weight is 189 g/mol. The van der Waals surface area contributed by atoms with Crippen molar-refractivity contribution in [3.63, 3.8) is 0 Å². The Bertz CT molecular complexity index is 282. The third-order valence-corrected chi connectivity index (χ3v) is 1.98. The van der Waals surface area contributed by atoms with E-state index in [0.29, 0.717) is 0 Å². The molecule has 0 bridgehead atoms. The minimum Gasteiger partial charge on any atom is -0.302 e. The van der Waals surface area contributed by atoms with Gasteiger partial charge in [0.15, 0.2) is 0 Å². The third-order valence-electron chi connectivity index (χ3n) is 1.98. The van der Waals surface area contributed by atoms with Gasteiger partial charge in [0.2, 0.25) is 0 Å². The van der Waals surface area contributed by atoms with Crippen molar-refractivity contribution in [1.82, 2.24) is 5.32 Å². The molecule has 1 rings (SSSR count). The first-order valence-electron chi connectivity index (χ1n) is 4.98. The van der Waals surface area contributed by atoms with Crippen molar-refractivity contribution in [2.24, 2.45) is 0 Å². The van der Waals surface area contributed by atoms with E-state index in [9.17, 15) is 0 Å². The second kappa shape index (κ2) is 4.43. The summed E-state index contributed by atoms with van der Waals surface area (Å²) in [6, 6.07) is 10.6. The van der Waals surface area contributed by atoms with E-state index >= 15 is 0 Å². The molecule has 0 aliphatic carbocycles. The van der Waals surface area contributed by atoms with Gasteiger partial charge in [0.1, 0.15) is 0 Å². The fraction of sp³-hybridized carbons (Fsp3) is 0.385. The molecule has 1 aromatic rings. The maximum absolute atomic E-state index is 3.86. The van der Waals surface area contributed by atoms with Gasteiger partial charge in [0.25, 0.3) is 0 Å². The lowest BCUT2D eigenvalue weighted by Crippen LogP contribution is -2.38. The molecular formula is C13H19N. The van der Waals surface area contributed by atoms with Crippen LogP contribution in [-0.4, -0.2) is 5.54 Å². The molecule has 1 atom stereocenters. The van der Waals surface area contributed by atoms with Gasteiger partial charge in [-0.1, -0.05) is 36.4 Å². The van der Waals surface area contributed by atoms with Crippen LogP contribution in [0.1, 0.15) is 32.4 Å². The van der Waals surface area contributed by atoms with E-state index in [4.69, 9.17) is 0 Å². The largest absolute Gasteiger partial charge is 0.302 e. The normalized spacial score (nSPS) is 13.6. The summed E-state index contributed by atoms with van der Waals surface area (Å²) < 4.78 is 0. The predicted molar refractivity (Wildman–Crippen MR) is 62.3 cm³/mol. The molecule has 0 saturated carbocycles. The van der Waals surface area contributed by atoms with E-state index in [-0.39, 0.29) is 11.6 Å². The number of rotatable bonds is 3. The monoisotopic (exact) mass is 189 g/mol. The minimum absolute atomic E-state index is 0.106. The Morgan fingerprint density at radius 3 is 2.21 bits per heavy atom. The summed E-state index contributed by atoms with van der Waals surface area (Å²) in [5.74, 6) is 0. The summed E-state index contributed by atoms with van der Waals surface area (Å²) in [7, 11) is 0. The highest BCUT2D eigenvalue weighted by atomic mass is 15.0. The molecule has 0 fully saturated rings. The molecule has 0 spiro atoms. The quantitative estimate of drug-likeness (QED) is 0.719. The number of hydrogen-bond donors (Lipinski definition) is 1. The number of hydrogen-bond acceptors (Lipinski definition) is 1. The zero-order valence-electron chi connectivity index (χ0n) is 9.25. The number of benzene rings is 1. The molecule has 0 aromatic heterocycles. The van der Waals surface area contributed by atoms with Crippen LogP contribution in [0, 0.1) is 0 Å². The van der Waals surface area contributed by atoms with Gasteiger partial charge in [-0.3, -0.25) is 0 Å². The summed E-state index contributed by atoms with van der Waals surface area (Å²) in [5, 5.41) is 3.50. The molecular weight excluding hydrogens is 170 g/mol. The lowest BCUT2D eigenvalue weighted by atomic mass is 10.0. The van der Waals surface area contributed by atoms with Crippen LogP contribution in [-0.2, 0) is 0 Å². The van der Waals surface area contributed by atoms with Crippen molar-refractivity contribution in [1.29, 1.82) is 0 Å². The zero-order valence-corrected chi connectivity index (χ0v) is 9.25. The first kappa shape index (κ1) is 11.0. The highest BCUT2D eigenvalue weighted by Gasteiger charge is 2.15. The van der Waals surface area contributed by atoms with Crippen LogP contribution in [0.25, 0.3) is 0 Å². The predicted octanol–water partition coefficient (Wildman–Crippen LogP) is 3.30. The molecule has 1 unspecified atom stereocenters. The van der Waals surface area contributed by atoms with E-state index < -0.39 is 0 Å². The summed E-state index contributed by atoms with van der Waals surface area (Å²) in [5.41, 5.74) is 1.37. The molecule has 0 aliphatic rings. The highest BCUT2D eigenvalue weighted by Crippen LogP contribution is 2.16. The second-order valence-electron chi connectivity index (χ2n) is 4.52. The van der Waals surface area contributed by atoms with Crippen LogP contribution >= 0.6 is 0 Å². The van der Waals surface area contributed by atoms with Gasteiger partial charge in [-0.2, -0.15) is 0 Å². The Labute approximate surface area is 86.8 Å². The Morgan fingerprint density at radius 1 is 1.21 bits per heavy atom. The summed E-state index contributed by atoms with van der Waals surface area (Å²) in [4.78, 5) is 0. The van der Waals surface area contributed by atoms with E-state index in [1.54, 1.807) is 0 Å². The van der Waals surface area contributed by atoms with Gasteiger partial charge >= 0.3 is 0 Å². The molecule has 0 amide bonds. The second-order valence-corrected chi connectivity index (χ2v) is 4.52. The molecule has 1 heteroatoms. The van der Waals surface area contributed by atoms with Crippen molar-refractivity contribution >= 4 is 0 Å². The van der Waals surface area contributed by atoms with Crippen molar-refractivity contribution in [2.45, 2.75) is 32.4 Å².